The summed E-state index contributed by atoms with van der Waals surface area (Å²) in [6.07, 6.45) is 4.91. The zero-order chi connectivity index (χ0) is 13.8. The Labute approximate surface area is 111 Å². The van der Waals surface area contributed by atoms with Crippen molar-refractivity contribution in [2.75, 3.05) is 6.54 Å². The van der Waals surface area contributed by atoms with Gasteiger partial charge in [-0.1, -0.05) is 19.8 Å². The van der Waals surface area contributed by atoms with Crippen molar-refractivity contribution in [3.63, 3.8) is 0 Å². The fourth-order valence-electron chi connectivity index (χ4n) is 2.36. The van der Waals surface area contributed by atoms with Gasteiger partial charge in [0.15, 0.2) is 0 Å². The van der Waals surface area contributed by atoms with Gasteiger partial charge in [-0.15, -0.1) is 0 Å². The molecule has 0 aromatic rings. The van der Waals surface area contributed by atoms with Crippen molar-refractivity contribution in [1.82, 2.24) is 4.90 Å². The molecule has 2 unspecified atom stereocenters. The number of hydrogen-bond donors (Lipinski definition) is 1. The topological polar surface area (TPSA) is 55.6 Å². The molecule has 1 fully saturated rings. The van der Waals surface area contributed by atoms with Crippen LogP contribution in [0.5, 0.6) is 0 Å². The van der Waals surface area contributed by atoms with Gasteiger partial charge < -0.3 is 15.4 Å². The lowest BCUT2D eigenvalue weighted by molar-refractivity contribution is 0.00705. The van der Waals surface area contributed by atoms with Gasteiger partial charge in [0.05, 0.1) is 0 Å². The Morgan fingerprint density at radius 1 is 1.44 bits per heavy atom. The van der Waals surface area contributed by atoms with Crippen LogP contribution in [-0.2, 0) is 4.74 Å². The standard InChI is InChI=1S/C14H28N2O2/c1-5-6-7-12-10-11(15)8-9-16(12)13(17)18-14(2,3)4/h11-12H,5-10,15H2,1-4H3. The van der Waals surface area contributed by atoms with Crippen LogP contribution in [0.2, 0.25) is 0 Å². The van der Waals surface area contributed by atoms with Crippen LogP contribution in [0, 0.1) is 0 Å². The van der Waals surface area contributed by atoms with Crippen LogP contribution in [0.25, 0.3) is 0 Å². The van der Waals surface area contributed by atoms with Crippen molar-refractivity contribution in [3.8, 4) is 0 Å². The Balaban J connectivity index is 2.61. The van der Waals surface area contributed by atoms with Gasteiger partial charge in [0.1, 0.15) is 5.60 Å². The van der Waals surface area contributed by atoms with Crippen molar-refractivity contribution in [1.29, 1.82) is 0 Å². The Morgan fingerprint density at radius 3 is 2.67 bits per heavy atom. The van der Waals surface area contributed by atoms with Crippen molar-refractivity contribution in [2.24, 2.45) is 5.73 Å². The van der Waals surface area contributed by atoms with E-state index in [4.69, 9.17) is 10.5 Å². The summed E-state index contributed by atoms with van der Waals surface area (Å²) in [5.41, 5.74) is 5.58. The average molecular weight is 256 g/mol. The molecule has 1 aliphatic rings. The van der Waals surface area contributed by atoms with E-state index in [-0.39, 0.29) is 18.2 Å². The summed E-state index contributed by atoms with van der Waals surface area (Å²) < 4.78 is 5.47. The zero-order valence-corrected chi connectivity index (χ0v) is 12.2. The zero-order valence-electron chi connectivity index (χ0n) is 12.2. The molecule has 18 heavy (non-hydrogen) atoms. The maximum absolute atomic E-state index is 12.2. The van der Waals surface area contributed by atoms with Crippen molar-refractivity contribution >= 4 is 6.09 Å². The van der Waals surface area contributed by atoms with Crippen LogP contribution in [0.1, 0.15) is 59.8 Å². The second-order valence-corrected chi connectivity index (χ2v) is 6.25. The lowest BCUT2D eigenvalue weighted by atomic mass is 9.94. The van der Waals surface area contributed by atoms with E-state index in [1.165, 1.54) is 0 Å². The van der Waals surface area contributed by atoms with E-state index in [2.05, 4.69) is 6.92 Å². The summed E-state index contributed by atoms with van der Waals surface area (Å²) >= 11 is 0. The first kappa shape index (κ1) is 15.3. The molecule has 1 heterocycles. The number of ether oxygens (including phenoxy) is 1. The largest absolute Gasteiger partial charge is 0.444 e. The SMILES string of the molecule is CCCCC1CC(N)CCN1C(=O)OC(C)(C)C. The van der Waals surface area contributed by atoms with E-state index in [0.29, 0.717) is 0 Å². The number of nitrogens with zero attached hydrogens (tertiary/aromatic N) is 1. The highest BCUT2D eigenvalue weighted by Gasteiger charge is 2.32. The number of hydrogen-bond acceptors (Lipinski definition) is 3. The molecular weight excluding hydrogens is 228 g/mol. The van der Waals surface area contributed by atoms with E-state index in [1.54, 1.807) is 0 Å². The van der Waals surface area contributed by atoms with E-state index in [1.807, 2.05) is 25.7 Å². The van der Waals surface area contributed by atoms with Crippen LogP contribution in [0.15, 0.2) is 0 Å². The quantitative estimate of drug-likeness (QED) is 0.844. The minimum absolute atomic E-state index is 0.185. The van der Waals surface area contributed by atoms with Crippen molar-refractivity contribution in [3.05, 3.63) is 0 Å². The molecule has 2 N–H and O–H groups in total. The highest BCUT2D eigenvalue weighted by molar-refractivity contribution is 5.68. The number of likely N-dealkylation sites (tertiary alicyclic amines) is 1. The van der Waals surface area contributed by atoms with Gasteiger partial charge >= 0.3 is 6.09 Å². The summed E-state index contributed by atoms with van der Waals surface area (Å²) in [6, 6.07) is 0.481. The van der Waals surface area contributed by atoms with Gasteiger partial charge in [-0.05, 0) is 40.0 Å². The average Bonchev–Trinajstić information content (AvgIpc) is 2.23. The van der Waals surface area contributed by atoms with Gasteiger partial charge in [-0.25, -0.2) is 4.79 Å². The first-order valence-electron chi connectivity index (χ1n) is 7.08. The van der Waals surface area contributed by atoms with E-state index in [9.17, 15) is 4.79 Å². The molecule has 1 saturated heterocycles. The number of unbranched alkanes of at least 4 members (excludes halogenated alkanes) is 1. The third-order valence-corrected chi connectivity index (χ3v) is 3.28. The summed E-state index contributed by atoms with van der Waals surface area (Å²) in [5, 5.41) is 0. The number of piperidine rings is 1. The van der Waals surface area contributed by atoms with Crippen LogP contribution >= 0.6 is 0 Å². The number of rotatable bonds is 3. The van der Waals surface area contributed by atoms with Crippen molar-refractivity contribution in [2.45, 2.75) is 77.5 Å². The van der Waals surface area contributed by atoms with E-state index >= 15 is 0 Å². The molecule has 0 aliphatic carbocycles. The molecule has 4 heteroatoms. The molecule has 1 rings (SSSR count). The number of carbonyl (C=O) groups is 1. The van der Waals surface area contributed by atoms with E-state index < -0.39 is 5.60 Å². The van der Waals surface area contributed by atoms with Gasteiger partial charge in [-0.2, -0.15) is 0 Å². The third-order valence-electron chi connectivity index (χ3n) is 3.28. The van der Waals surface area contributed by atoms with Gasteiger partial charge in [0.25, 0.3) is 0 Å². The molecule has 0 spiro atoms. The second kappa shape index (κ2) is 6.41. The molecule has 0 aromatic heterocycles. The molecule has 4 nitrogen and oxygen atoms in total. The first-order chi connectivity index (χ1) is 8.33. The highest BCUT2D eigenvalue weighted by atomic mass is 16.6. The molecule has 0 saturated carbocycles. The monoisotopic (exact) mass is 256 g/mol. The van der Waals surface area contributed by atoms with Crippen LogP contribution < -0.4 is 5.73 Å². The Kier molecular flexibility index (Phi) is 5.45. The normalized spacial score (nSPS) is 25.1. The van der Waals surface area contributed by atoms with Crippen molar-refractivity contribution < 1.29 is 9.53 Å². The predicted molar refractivity (Wildman–Crippen MR) is 73.5 cm³/mol. The molecule has 1 aliphatic heterocycles. The summed E-state index contributed by atoms with van der Waals surface area (Å²) in [5.74, 6) is 0. The van der Waals surface area contributed by atoms with Gasteiger partial charge in [-0.3, -0.25) is 0 Å². The Bertz CT molecular complexity index is 273. The smallest absolute Gasteiger partial charge is 0.410 e. The molecule has 1 amide bonds. The minimum atomic E-state index is -0.425. The van der Waals surface area contributed by atoms with E-state index in [0.717, 1.165) is 38.6 Å². The number of amides is 1. The fourth-order valence-corrected chi connectivity index (χ4v) is 2.36. The van der Waals surface area contributed by atoms with Crippen LogP contribution in [0.3, 0.4) is 0 Å². The summed E-state index contributed by atoms with van der Waals surface area (Å²) in [4.78, 5) is 14.0. The molecule has 106 valence electrons. The maximum atomic E-state index is 12.2. The predicted octanol–water partition coefficient (Wildman–Crippen LogP) is 2.90. The molecule has 0 aromatic carbocycles. The Morgan fingerprint density at radius 2 is 2.11 bits per heavy atom. The maximum Gasteiger partial charge on any atom is 0.410 e. The molecule has 0 radical (unpaired) electrons. The van der Waals surface area contributed by atoms with Crippen LogP contribution in [0.4, 0.5) is 4.79 Å². The molecule has 2 atom stereocenters. The second-order valence-electron chi connectivity index (χ2n) is 6.25. The highest BCUT2D eigenvalue weighted by Crippen LogP contribution is 2.23. The number of carbonyl (C=O) groups excluding carboxylic acids is 1. The fraction of sp³-hybridized carbons (Fsp3) is 0.929. The molecular formula is C14H28N2O2. The number of nitrogens with two attached hydrogens (primary N) is 1. The lowest BCUT2D eigenvalue weighted by Gasteiger charge is -2.39. The Hall–Kier alpha value is -0.770. The van der Waals surface area contributed by atoms with Gasteiger partial charge in [0, 0.05) is 18.6 Å². The lowest BCUT2D eigenvalue weighted by Crippen LogP contribution is -2.51. The first-order valence-corrected chi connectivity index (χ1v) is 7.08. The summed E-state index contributed by atoms with van der Waals surface area (Å²) in [7, 11) is 0. The van der Waals surface area contributed by atoms with Gasteiger partial charge in [0.2, 0.25) is 0 Å². The third kappa shape index (κ3) is 4.84. The van der Waals surface area contributed by atoms with Crippen LogP contribution in [-0.4, -0.2) is 35.2 Å². The molecule has 0 bridgehead atoms. The summed E-state index contributed by atoms with van der Waals surface area (Å²) in [6.45, 7) is 8.61. The minimum Gasteiger partial charge on any atom is -0.444 e.